The third kappa shape index (κ3) is 7.29. The SMILES string of the molecule is C/C=C/CCNC(=NC)NCCCc1ccccc1. The number of nitrogens with one attached hydrogen (secondary N) is 2. The molecule has 0 aliphatic heterocycles. The van der Waals surface area contributed by atoms with Crippen molar-refractivity contribution >= 4 is 5.96 Å². The molecule has 0 aliphatic rings. The Morgan fingerprint density at radius 2 is 1.89 bits per heavy atom. The number of hydrogen-bond acceptors (Lipinski definition) is 1. The highest BCUT2D eigenvalue weighted by Gasteiger charge is 1.96. The predicted molar refractivity (Wildman–Crippen MR) is 83.6 cm³/mol. The molecule has 0 aliphatic carbocycles. The first-order chi connectivity index (χ1) is 9.36. The fourth-order valence-corrected chi connectivity index (χ4v) is 1.81. The van der Waals surface area contributed by atoms with Crippen molar-refractivity contribution < 1.29 is 0 Å². The number of aliphatic imine (C=N–C) groups is 1. The predicted octanol–water partition coefficient (Wildman–Crippen LogP) is 2.75. The smallest absolute Gasteiger partial charge is 0.190 e. The third-order valence-electron chi connectivity index (χ3n) is 2.84. The fourth-order valence-electron chi connectivity index (χ4n) is 1.81. The van der Waals surface area contributed by atoms with E-state index in [4.69, 9.17) is 0 Å². The van der Waals surface area contributed by atoms with Crippen LogP contribution >= 0.6 is 0 Å². The Morgan fingerprint density at radius 3 is 2.58 bits per heavy atom. The van der Waals surface area contributed by atoms with E-state index in [1.165, 1.54) is 5.56 Å². The summed E-state index contributed by atoms with van der Waals surface area (Å²) in [4.78, 5) is 4.20. The molecule has 1 aromatic carbocycles. The Bertz CT molecular complexity index is 382. The maximum Gasteiger partial charge on any atom is 0.190 e. The molecule has 0 saturated heterocycles. The van der Waals surface area contributed by atoms with E-state index in [9.17, 15) is 0 Å². The number of hydrogen-bond donors (Lipinski definition) is 2. The Hall–Kier alpha value is -1.77. The Balaban J connectivity index is 2.13. The molecular weight excluding hydrogens is 234 g/mol. The highest BCUT2D eigenvalue weighted by atomic mass is 15.2. The van der Waals surface area contributed by atoms with Crippen LogP contribution in [0.25, 0.3) is 0 Å². The summed E-state index contributed by atoms with van der Waals surface area (Å²) in [6, 6.07) is 10.6. The van der Waals surface area contributed by atoms with Crippen LogP contribution in [0.5, 0.6) is 0 Å². The molecule has 0 bridgehead atoms. The first kappa shape index (κ1) is 15.3. The minimum atomic E-state index is 0.887. The number of benzene rings is 1. The lowest BCUT2D eigenvalue weighted by molar-refractivity contribution is 0.741. The summed E-state index contributed by atoms with van der Waals surface area (Å²) in [6.07, 6.45) is 7.46. The first-order valence-corrected chi connectivity index (χ1v) is 6.96. The van der Waals surface area contributed by atoms with E-state index in [0.717, 1.165) is 38.3 Å². The van der Waals surface area contributed by atoms with Crippen LogP contribution in [-0.4, -0.2) is 26.1 Å². The second-order valence-electron chi connectivity index (χ2n) is 4.37. The first-order valence-electron chi connectivity index (χ1n) is 6.96. The molecule has 0 radical (unpaired) electrons. The second-order valence-corrected chi connectivity index (χ2v) is 4.37. The zero-order chi connectivity index (χ0) is 13.8. The lowest BCUT2D eigenvalue weighted by Gasteiger charge is -2.11. The van der Waals surface area contributed by atoms with Crippen LogP contribution in [0.1, 0.15) is 25.3 Å². The van der Waals surface area contributed by atoms with Crippen LogP contribution in [0.3, 0.4) is 0 Å². The Morgan fingerprint density at radius 1 is 1.16 bits per heavy atom. The number of aryl methyl sites for hydroxylation is 1. The molecule has 3 nitrogen and oxygen atoms in total. The van der Waals surface area contributed by atoms with Crippen LogP contribution < -0.4 is 10.6 Å². The topological polar surface area (TPSA) is 36.4 Å². The molecular formula is C16H25N3. The van der Waals surface area contributed by atoms with E-state index in [1.807, 2.05) is 14.0 Å². The molecule has 0 fully saturated rings. The maximum atomic E-state index is 4.20. The van der Waals surface area contributed by atoms with Crippen LogP contribution in [0.15, 0.2) is 47.5 Å². The number of guanidine groups is 1. The van der Waals surface area contributed by atoms with Gasteiger partial charge in [0, 0.05) is 20.1 Å². The van der Waals surface area contributed by atoms with Gasteiger partial charge in [-0.05, 0) is 31.7 Å². The van der Waals surface area contributed by atoms with Gasteiger partial charge in [0.05, 0.1) is 0 Å². The molecule has 3 heteroatoms. The van der Waals surface area contributed by atoms with Crippen molar-refractivity contribution in [2.24, 2.45) is 4.99 Å². The van der Waals surface area contributed by atoms with Crippen LogP contribution in [0.4, 0.5) is 0 Å². The van der Waals surface area contributed by atoms with Gasteiger partial charge in [-0.2, -0.15) is 0 Å². The van der Waals surface area contributed by atoms with Crippen molar-refractivity contribution in [2.75, 3.05) is 20.1 Å². The zero-order valence-corrected chi connectivity index (χ0v) is 12.0. The van der Waals surface area contributed by atoms with Crippen LogP contribution in [-0.2, 0) is 6.42 Å². The average molecular weight is 259 g/mol. The van der Waals surface area contributed by atoms with Gasteiger partial charge in [-0.3, -0.25) is 4.99 Å². The monoisotopic (exact) mass is 259 g/mol. The second kappa shape index (κ2) is 10.2. The molecule has 1 aromatic rings. The molecule has 0 atom stereocenters. The summed E-state index contributed by atoms with van der Waals surface area (Å²) >= 11 is 0. The van der Waals surface area contributed by atoms with E-state index in [1.54, 1.807) is 0 Å². The van der Waals surface area contributed by atoms with Gasteiger partial charge in [-0.1, -0.05) is 42.5 Å². The van der Waals surface area contributed by atoms with Gasteiger partial charge in [-0.15, -0.1) is 0 Å². The lowest BCUT2D eigenvalue weighted by atomic mass is 10.1. The molecule has 2 N–H and O–H groups in total. The minimum Gasteiger partial charge on any atom is -0.356 e. The molecule has 19 heavy (non-hydrogen) atoms. The lowest BCUT2D eigenvalue weighted by Crippen LogP contribution is -2.38. The van der Waals surface area contributed by atoms with Crippen molar-refractivity contribution in [3.63, 3.8) is 0 Å². The van der Waals surface area contributed by atoms with E-state index in [2.05, 4.69) is 58.1 Å². The minimum absolute atomic E-state index is 0.887. The summed E-state index contributed by atoms with van der Waals surface area (Å²) < 4.78 is 0. The van der Waals surface area contributed by atoms with Gasteiger partial charge < -0.3 is 10.6 Å². The van der Waals surface area contributed by atoms with Crippen molar-refractivity contribution in [3.05, 3.63) is 48.0 Å². The average Bonchev–Trinajstić information content (AvgIpc) is 2.46. The highest BCUT2D eigenvalue weighted by molar-refractivity contribution is 5.79. The van der Waals surface area contributed by atoms with Gasteiger partial charge in [-0.25, -0.2) is 0 Å². The number of allylic oxidation sites excluding steroid dienone is 1. The van der Waals surface area contributed by atoms with Crippen molar-refractivity contribution in [2.45, 2.75) is 26.2 Å². The molecule has 1 rings (SSSR count). The quantitative estimate of drug-likeness (QED) is 0.342. The van der Waals surface area contributed by atoms with Crippen LogP contribution in [0.2, 0.25) is 0 Å². The van der Waals surface area contributed by atoms with E-state index < -0.39 is 0 Å². The highest BCUT2D eigenvalue weighted by Crippen LogP contribution is 2.01. The Labute approximate surface area is 116 Å². The summed E-state index contributed by atoms with van der Waals surface area (Å²) in [5, 5.41) is 6.62. The van der Waals surface area contributed by atoms with Gasteiger partial charge in [0.1, 0.15) is 0 Å². The molecule has 0 saturated carbocycles. The fraction of sp³-hybridized carbons (Fsp3) is 0.438. The molecule has 0 heterocycles. The van der Waals surface area contributed by atoms with E-state index in [-0.39, 0.29) is 0 Å². The molecule has 0 amide bonds. The van der Waals surface area contributed by atoms with Gasteiger partial charge >= 0.3 is 0 Å². The normalized spacial score (nSPS) is 11.8. The largest absolute Gasteiger partial charge is 0.356 e. The maximum absolute atomic E-state index is 4.20. The molecule has 0 unspecified atom stereocenters. The van der Waals surface area contributed by atoms with E-state index in [0.29, 0.717) is 0 Å². The van der Waals surface area contributed by atoms with Crippen LogP contribution in [0, 0.1) is 0 Å². The summed E-state index contributed by atoms with van der Waals surface area (Å²) in [5.41, 5.74) is 1.39. The van der Waals surface area contributed by atoms with Crippen molar-refractivity contribution in [1.29, 1.82) is 0 Å². The summed E-state index contributed by atoms with van der Waals surface area (Å²) in [7, 11) is 1.81. The van der Waals surface area contributed by atoms with Gasteiger partial charge in [0.25, 0.3) is 0 Å². The zero-order valence-electron chi connectivity index (χ0n) is 12.0. The number of rotatable bonds is 7. The Kier molecular flexibility index (Phi) is 8.19. The molecule has 0 spiro atoms. The third-order valence-corrected chi connectivity index (χ3v) is 2.84. The van der Waals surface area contributed by atoms with Gasteiger partial charge in [0.15, 0.2) is 5.96 Å². The molecule has 104 valence electrons. The summed E-state index contributed by atoms with van der Waals surface area (Å²) in [5.74, 6) is 0.887. The summed E-state index contributed by atoms with van der Waals surface area (Å²) in [6.45, 7) is 3.90. The van der Waals surface area contributed by atoms with Gasteiger partial charge in [0.2, 0.25) is 0 Å². The number of nitrogens with zero attached hydrogens (tertiary/aromatic N) is 1. The molecule has 0 aromatic heterocycles. The standard InChI is InChI=1S/C16H25N3/c1-3-4-8-13-18-16(17-2)19-14-9-12-15-10-6-5-7-11-15/h3-7,10-11H,8-9,12-14H2,1-2H3,(H2,17,18,19)/b4-3+. The van der Waals surface area contributed by atoms with E-state index >= 15 is 0 Å². The van der Waals surface area contributed by atoms with Crippen molar-refractivity contribution in [1.82, 2.24) is 10.6 Å². The van der Waals surface area contributed by atoms with Crippen molar-refractivity contribution in [3.8, 4) is 0 Å².